The van der Waals surface area contributed by atoms with E-state index in [-0.39, 0.29) is 0 Å². The van der Waals surface area contributed by atoms with Crippen molar-refractivity contribution in [3.05, 3.63) is 29.8 Å². The van der Waals surface area contributed by atoms with E-state index in [2.05, 4.69) is 5.32 Å². The number of anilines is 1. The number of aliphatic carboxylic acids is 1. The molecule has 0 atom stereocenters. The largest absolute Gasteiger partial charge is 0.480 e. The Balaban J connectivity index is 2.11. The van der Waals surface area contributed by atoms with Gasteiger partial charge in [0.05, 0.1) is 0 Å². The van der Waals surface area contributed by atoms with E-state index in [0.29, 0.717) is 18.5 Å². The summed E-state index contributed by atoms with van der Waals surface area (Å²) in [5.41, 5.74) is 0.604. The van der Waals surface area contributed by atoms with E-state index >= 15 is 0 Å². The van der Waals surface area contributed by atoms with Crippen molar-refractivity contribution in [3.8, 4) is 0 Å². The summed E-state index contributed by atoms with van der Waals surface area (Å²) in [4.78, 5) is 22.8. The summed E-state index contributed by atoms with van der Waals surface area (Å²) < 4.78 is 0. The van der Waals surface area contributed by atoms with Gasteiger partial charge in [0, 0.05) is 5.69 Å². The van der Waals surface area contributed by atoms with E-state index in [4.69, 9.17) is 5.11 Å². The molecule has 2 rings (SSSR count). The van der Waals surface area contributed by atoms with Crippen molar-refractivity contribution in [2.24, 2.45) is 5.41 Å². The third kappa shape index (κ3) is 2.16. The topological polar surface area (TPSA) is 66.4 Å². The number of carboxylic acid groups (broad SMARTS) is 1. The molecule has 1 aromatic rings. The fraction of sp³-hybridized carbons (Fsp3) is 0.385. The van der Waals surface area contributed by atoms with Crippen LogP contribution in [0.3, 0.4) is 0 Å². The Labute approximate surface area is 99.6 Å². The molecule has 0 spiro atoms. The van der Waals surface area contributed by atoms with Crippen LogP contribution in [0.1, 0.15) is 25.3 Å². The quantitative estimate of drug-likeness (QED) is 0.782. The van der Waals surface area contributed by atoms with Crippen LogP contribution < -0.4 is 5.32 Å². The Morgan fingerprint density at radius 2 is 2.12 bits per heavy atom. The van der Waals surface area contributed by atoms with Gasteiger partial charge in [0.15, 0.2) is 0 Å². The molecule has 0 aromatic heterocycles. The molecule has 0 unspecified atom stereocenters. The van der Waals surface area contributed by atoms with Crippen LogP contribution in [0.15, 0.2) is 24.3 Å². The van der Waals surface area contributed by atoms with E-state index in [0.717, 1.165) is 12.0 Å². The molecule has 1 aliphatic carbocycles. The summed E-state index contributed by atoms with van der Waals surface area (Å²) in [6, 6.07) is 7.47. The van der Waals surface area contributed by atoms with Gasteiger partial charge in [-0.25, -0.2) is 0 Å². The fourth-order valence-electron chi connectivity index (χ4n) is 1.78. The summed E-state index contributed by atoms with van der Waals surface area (Å²) >= 11 is 0. The molecule has 4 nitrogen and oxygen atoms in total. The van der Waals surface area contributed by atoms with E-state index in [9.17, 15) is 9.59 Å². The number of amides is 1. The number of carbonyl (C=O) groups is 2. The van der Waals surface area contributed by atoms with Crippen molar-refractivity contribution in [1.29, 1.82) is 0 Å². The number of carbonyl (C=O) groups excluding carboxylic acids is 1. The van der Waals surface area contributed by atoms with E-state index < -0.39 is 17.3 Å². The molecule has 2 N–H and O–H groups in total. The molecule has 0 bridgehead atoms. The van der Waals surface area contributed by atoms with Crippen molar-refractivity contribution in [2.45, 2.75) is 26.2 Å². The maximum atomic E-state index is 11.8. The number of nitrogens with one attached hydrogen (secondary N) is 1. The number of rotatable bonds is 4. The molecule has 0 heterocycles. The normalized spacial score (nSPS) is 16.3. The third-order valence-corrected chi connectivity index (χ3v) is 3.19. The Morgan fingerprint density at radius 3 is 2.65 bits per heavy atom. The minimum Gasteiger partial charge on any atom is -0.480 e. The lowest BCUT2D eigenvalue weighted by Gasteiger charge is -2.11. The van der Waals surface area contributed by atoms with Gasteiger partial charge in [0.25, 0.3) is 0 Å². The maximum absolute atomic E-state index is 11.8. The number of carboxylic acids is 1. The predicted molar refractivity (Wildman–Crippen MR) is 63.8 cm³/mol. The van der Waals surface area contributed by atoms with Gasteiger partial charge < -0.3 is 10.4 Å². The first-order valence-electron chi connectivity index (χ1n) is 5.72. The van der Waals surface area contributed by atoms with Crippen molar-refractivity contribution < 1.29 is 14.7 Å². The van der Waals surface area contributed by atoms with Gasteiger partial charge in [-0.15, -0.1) is 0 Å². The van der Waals surface area contributed by atoms with Crippen molar-refractivity contribution in [3.63, 3.8) is 0 Å². The van der Waals surface area contributed by atoms with Crippen LogP contribution in [0.4, 0.5) is 5.69 Å². The standard InChI is InChI=1S/C13H15NO3/c1-2-9-4-3-5-10(8-9)14-11(15)13(6-7-13)12(16)17/h3-5,8H,2,6-7H2,1H3,(H,14,15)(H,16,17). The smallest absolute Gasteiger partial charge is 0.319 e. The Morgan fingerprint density at radius 1 is 1.41 bits per heavy atom. The molecule has 0 saturated heterocycles. The van der Waals surface area contributed by atoms with Gasteiger partial charge in [-0.2, -0.15) is 0 Å². The molecular weight excluding hydrogens is 218 g/mol. The molecule has 1 amide bonds. The first-order chi connectivity index (χ1) is 8.08. The molecule has 1 aromatic carbocycles. The van der Waals surface area contributed by atoms with Gasteiger partial charge in [-0.05, 0) is 37.0 Å². The molecule has 17 heavy (non-hydrogen) atoms. The molecule has 90 valence electrons. The van der Waals surface area contributed by atoms with Crippen LogP contribution in [0.5, 0.6) is 0 Å². The van der Waals surface area contributed by atoms with Crippen molar-refractivity contribution in [1.82, 2.24) is 0 Å². The van der Waals surface area contributed by atoms with Crippen LogP contribution in [0.25, 0.3) is 0 Å². The first-order valence-corrected chi connectivity index (χ1v) is 5.72. The second-order valence-corrected chi connectivity index (χ2v) is 4.40. The molecule has 4 heteroatoms. The average molecular weight is 233 g/mol. The zero-order valence-electron chi connectivity index (χ0n) is 9.69. The first kappa shape index (κ1) is 11.6. The average Bonchev–Trinajstić information content (AvgIpc) is 3.10. The van der Waals surface area contributed by atoms with E-state index in [1.165, 1.54) is 0 Å². The molecule has 0 radical (unpaired) electrons. The molecular formula is C13H15NO3. The summed E-state index contributed by atoms with van der Waals surface area (Å²) in [6.45, 7) is 2.03. The monoisotopic (exact) mass is 233 g/mol. The van der Waals surface area contributed by atoms with Gasteiger partial charge in [-0.1, -0.05) is 19.1 Å². The molecule has 1 fully saturated rings. The summed E-state index contributed by atoms with van der Waals surface area (Å²) in [5, 5.41) is 11.7. The van der Waals surface area contributed by atoms with Gasteiger partial charge in [0.2, 0.25) is 5.91 Å². The van der Waals surface area contributed by atoms with Gasteiger partial charge in [0.1, 0.15) is 5.41 Å². The van der Waals surface area contributed by atoms with E-state index in [1.807, 2.05) is 25.1 Å². The highest BCUT2D eigenvalue weighted by atomic mass is 16.4. The highest BCUT2D eigenvalue weighted by Gasteiger charge is 2.57. The predicted octanol–water partition coefficient (Wildman–Crippen LogP) is 2.05. The van der Waals surface area contributed by atoms with Crippen LogP contribution in [-0.2, 0) is 16.0 Å². The molecule has 1 aliphatic rings. The van der Waals surface area contributed by atoms with Crippen LogP contribution in [-0.4, -0.2) is 17.0 Å². The summed E-state index contributed by atoms with van der Waals surface area (Å²) in [7, 11) is 0. The number of hydrogen-bond donors (Lipinski definition) is 2. The number of aryl methyl sites for hydroxylation is 1. The minimum atomic E-state index is -1.18. The van der Waals surface area contributed by atoms with Gasteiger partial charge >= 0.3 is 5.97 Å². The summed E-state index contributed by atoms with van der Waals surface area (Å²) in [6.07, 6.45) is 1.75. The van der Waals surface area contributed by atoms with Crippen LogP contribution in [0.2, 0.25) is 0 Å². The van der Waals surface area contributed by atoms with E-state index in [1.54, 1.807) is 6.07 Å². The van der Waals surface area contributed by atoms with Crippen molar-refractivity contribution >= 4 is 17.6 Å². The number of benzene rings is 1. The summed E-state index contributed by atoms with van der Waals surface area (Å²) in [5.74, 6) is -1.43. The fourth-order valence-corrected chi connectivity index (χ4v) is 1.78. The Bertz CT molecular complexity index is 463. The third-order valence-electron chi connectivity index (χ3n) is 3.19. The lowest BCUT2D eigenvalue weighted by molar-refractivity contribution is -0.147. The van der Waals surface area contributed by atoms with Crippen LogP contribution in [0, 0.1) is 5.41 Å². The molecule has 1 saturated carbocycles. The maximum Gasteiger partial charge on any atom is 0.319 e. The van der Waals surface area contributed by atoms with Crippen molar-refractivity contribution in [2.75, 3.05) is 5.32 Å². The highest BCUT2D eigenvalue weighted by molar-refractivity contribution is 6.10. The zero-order chi connectivity index (χ0) is 12.5. The SMILES string of the molecule is CCc1cccc(NC(=O)C2(C(=O)O)CC2)c1. The Hall–Kier alpha value is -1.84. The van der Waals surface area contributed by atoms with Gasteiger partial charge in [-0.3, -0.25) is 9.59 Å². The zero-order valence-corrected chi connectivity index (χ0v) is 9.69. The highest BCUT2D eigenvalue weighted by Crippen LogP contribution is 2.46. The minimum absolute atomic E-state index is 0.404. The molecule has 0 aliphatic heterocycles. The lowest BCUT2D eigenvalue weighted by atomic mass is 10.1. The Kier molecular flexibility index (Phi) is 2.88. The lowest BCUT2D eigenvalue weighted by Crippen LogP contribution is -2.31. The second-order valence-electron chi connectivity index (χ2n) is 4.40. The number of hydrogen-bond acceptors (Lipinski definition) is 2. The van der Waals surface area contributed by atoms with Crippen LogP contribution >= 0.6 is 0 Å². The second kappa shape index (κ2) is 4.20.